The first-order valence-corrected chi connectivity index (χ1v) is 9.09. The lowest BCUT2D eigenvalue weighted by atomic mass is 10.2. The van der Waals surface area contributed by atoms with Gasteiger partial charge in [0.2, 0.25) is 0 Å². The maximum absolute atomic E-state index is 12.5. The van der Waals surface area contributed by atoms with Crippen LogP contribution in [0.5, 0.6) is 0 Å². The van der Waals surface area contributed by atoms with E-state index in [0.717, 1.165) is 21.1 Å². The van der Waals surface area contributed by atoms with Gasteiger partial charge in [-0.2, -0.15) is 0 Å². The molecule has 0 aliphatic carbocycles. The SMILES string of the molecule is Cc1nc(C)c(C[S@](=O)[C@@H](C)c2ccc(Cl)cc2Cl)s1. The van der Waals surface area contributed by atoms with Crippen LogP contribution in [0.3, 0.4) is 0 Å². The summed E-state index contributed by atoms with van der Waals surface area (Å²) in [6, 6.07) is 5.31. The normalized spacial score (nSPS) is 14.2. The number of aromatic nitrogens is 1. The minimum Gasteiger partial charge on any atom is -0.259 e. The molecule has 0 N–H and O–H groups in total. The fourth-order valence-corrected chi connectivity index (χ4v) is 5.09. The molecule has 2 nitrogen and oxygen atoms in total. The first kappa shape index (κ1) is 16.0. The fourth-order valence-electron chi connectivity index (χ4n) is 1.93. The summed E-state index contributed by atoms with van der Waals surface area (Å²) in [6.07, 6.45) is 0. The predicted molar refractivity (Wildman–Crippen MR) is 88.3 cm³/mol. The first-order chi connectivity index (χ1) is 9.38. The summed E-state index contributed by atoms with van der Waals surface area (Å²) >= 11 is 13.7. The monoisotopic (exact) mass is 347 g/mol. The van der Waals surface area contributed by atoms with E-state index in [1.807, 2.05) is 26.8 Å². The third-order valence-electron chi connectivity index (χ3n) is 3.07. The van der Waals surface area contributed by atoms with Crippen LogP contribution in [0.25, 0.3) is 0 Å². The molecule has 1 heterocycles. The molecule has 0 saturated heterocycles. The Hall–Kier alpha value is -0.420. The number of benzene rings is 1. The van der Waals surface area contributed by atoms with Crippen molar-refractivity contribution in [3.8, 4) is 0 Å². The number of hydrogen-bond donors (Lipinski definition) is 0. The molecule has 2 rings (SSSR count). The van der Waals surface area contributed by atoms with E-state index in [2.05, 4.69) is 4.98 Å². The second-order valence-electron chi connectivity index (χ2n) is 4.57. The van der Waals surface area contributed by atoms with Gasteiger partial charge in [-0.3, -0.25) is 4.21 Å². The highest BCUT2D eigenvalue weighted by Gasteiger charge is 2.19. The molecule has 0 radical (unpaired) electrons. The van der Waals surface area contributed by atoms with E-state index in [1.165, 1.54) is 0 Å². The number of thiazole rings is 1. The Morgan fingerprint density at radius 2 is 2.05 bits per heavy atom. The highest BCUT2D eigenvalue weighted by Crippen LogP contribution is 2.31. The molecule has 0 aliphatic heterocycles. The van der Waals surface area contributed by atoms with Crippen molar-refractivity contribution in [2.45, 2.75) is 31.8 Å². The van der Waals surface area contributed by atoms with Crippen molar-refractivity contribution < 1.29 is 4.21 Å². The third kappa shape index (κ3) is 3.61. The molecular formula is C14H15Cl2NOS2. The molecule has 6 heteroatoms. The molecule has 2 aromatic rings. The lowest BCUT2D eigenvalue weighted by molar-refractivity contribution is 0.675. The van der Waals surface area contributed by atoms with Gasteiger partial charge >= 0.3 is 0 Å². The summed E-state index contributed by atoms with van der Waals surface area (Å²) in [7, 11) is -1.04. The van der Waals surface area contributed by atoms with Crippen LogP contribution in [0.15, 0.2) is 18.2 Å². The van der Waals surface area contributed by atoms with Gasteiger partial charge in [0.1, 0.15) is 0 Å². The molecule has 0 spiro atoms. The van der Waals surface area contributed by atoms with E-state index in [0.29, 0.717) is 15.8 Å². The molecule has 0 unspecified atom stereocenters. The molecule has 0 fully saturated rings. The molecule has 0 bridgehead atoms. The number of aryl methyl sites for hydroxylation is 2. The molecule has 0 saturated carbocycles. The minimum atomic E-state index is -1.04. The molecule has 0 aliphatic rings. The fraction of sp³-hybridized carbons (Fsp3) is 0.357. The highest BCUT2D eigenvalue weighted by molar-refractivity contribution is 7.84. The average molecular weight is 348 g/mol. The molecule has 108 valence electrons. The van der Waals surface area contributed by atoms with E-state index < -0.39 is 10.8 Å². The summed E-state index contributed by atoms with van der Waals surface area (Å²) in [5, 5.41) is 2.02. The van der Waals surface area contributed by atoms with Crippen LogP contribution in [0.2, 0.25) is 10.0 Å². The van der Waals surface area contributed by atoms with Crippen LogP contribution < -0.4 is 0 Å². The van der Waals surface area contributed by atoms with Crippen LogP contribution in [-0.4, -0.2) is 9.19 Å². The Morgan fingerprint density at radius 1 is 1.35 bits per heavy atom. The van der Waals surface area contributed by atoms with Crippen molar-refractivity contribution in [3.63, 3.8) is 0 Å². The molecule has 1 aromatic heterocycles. The quantitative estimate of drug-likeness (QED) is 0.771. The maximum atomic E-state index is 12.5. The summed E-state index contributed by atoms with van der Waals surface area (Å²) < 4.78 is 12.5. The first-order valence-electron chi connectivity index (χ1n) is 6.13. The number of halogens is 2. The Bertz CT molecular complexity index is 655. The summed E-state index contributed by atoms with van der Waals surface area (Å²) in [4.78, 5) is 5.45. The topological polar surface area (TPSA) is 30.0 Å². The number of hydrogen-bond acceptors (Lipinski definition) is 3. The summed E-state index contributed by atoms with van der Waals surface area (Å²) in [5.74, 6) is 0.511. The lowest BCUT2D eigenvalue weighted by Gasteiger charge is -2.13. The van der Waals surface area contributed by atoms with Gasteiger partial charge in [-0.1, -0.05) is 29.3 Å². The van der Waals surface area contributed by atoms with Crippen molar-refractivity contribution in [1.82, 2.24) is 4.98 Å². The van der Waals surface area contributed by atoms with Crippen LogP contribution >= 0.6 is 34.5 Å². The Morgan fingerprint density at radius 3 is 2.60 bits per heavy atom. The molecule has 20 heavy (non-hydrogen) atoms. The van der Waals surface area contributed by atoms with E-state index in [4.69, 9.17) is 23.2 Å². The van der Waals surface area contributed by atoms with Gasteiger partial charge in [0.15, 0.2) is 0 Å². The van der Waals surface area contributed by atoms with Crippen molar-refractivity contribution in [2.24, 2.45) is 0 Å². The molecule has 2 atom stereocenters. The summed E-state index contributed by atoms with van der Waals surface area (Å²) in [6.45, 7) is 5.84. The van der Waals surface area contributed by atoms with Crippen molar-refractivity contribution in [2.75, 3.05) is 0 Å². The van der Waals surface area contributed by atoms with Gasteiger partial charge in [0, 0.05) is 25.7 Å². The Labute approximate surface area is 135 Å². The van der Waals surface area contributed by atoms with Crippen molar-refractivity contribution in [1.29, 1.82) is 0 Å². The standard InChI is InChI=1S/C14H15Cl2NOS2/c1-8-14(19-10(3)17-8)7-20(18)9(2)12-5-4-11(15)6-13(12)16/h4-6,9H,7H2,1-3H3/t9-,20-/m0/s1. The molecule has 1 aromatic carbocycles. The molecular weight excluding hydrogens is 333 g/mol. The van der Waals surface area contributed by atoms with Gasteiger partial charge in [0.25, 0.3) is 0 Å². The highest BCUT2D eigenvalue weighted by atomic mass is 35.5. The van der Waals surface area contributed by atoms with Gasteiger partial charge in [-0.05, 0) is 38.5 Å². The van der Waals surface area contributed by atoms with E-state index in [9.17, 15) is 4.21 Å². The van der Waals surface area contributed by atoms with E-state index in [1.54, 1.807) is 23.5 Å². The number of rotatable bonds is 4. The summed E-state index contributed by atoms with van der Waals surface area (Å²) in [5.41, 5.74) is 1.84. The van der Waals surface area contributed by atoms with Crippen LogP contribution in [-0.2, 0) is 16.6 Å². The zero-order valence-corrected chi connectivity index (χ0v) is 14.6. The number of nitrogens with zero attached hydrogens (tertiary/aromatic N) is 1. The average Bonchev–Trinajstić information content (AvgIpc) is 2.67. The zero-order chi connectivity index (χ0) is 14.9. The Kier molecular flexibility index (Phi) is 5.24. The zero-order valence-electron chi connectivity index (χ0n) is 11.4. The van der Waals surface area contributed by atoms with Crippen LogP contribution in [0.4, 0.5) is 0 Å². The second-order valence-corrected chi connectivity index (χ2v) is 8.46. The van der Waals surface area contributed by atoms with Gasteiger partial charge in [-0.25, -0.2) is 4.98 Å². The lowest BCUT2D eigenvalue weighted by Crippen LogP contribution is -2.06. The van der Waals surface area contributed by atoms with Gasteiger partial charge in [0.05, 0.1) is 21.7 Å². The van der Waals surface area contributed by atoms with Crippen molar-refractivity contribution in [3.05, 3.63) is 49.4 Å². The van der Waals surface area contributed by atoms with Crippen LogP contribution in [0.1, 0.15) is 33.3 Å². The van der Waals surface area contributed by atoms with Gasteiger partial charge in [-0.15, -0.1) is 11.3 Å². The van der Waals surface area contributed by atoms with Gasteiger partial charge < -0.3 is 0 Å². The maximum Gasteiger partial charge on any atom is 0.0900 e. The van der Waals surface area contributed by atoms with Crippen LogP contribution in [0, 0.1) is 13.8 Å². The second kappa shape index (κ2) is 6.56. The largest absolute Gasteiger partial charge is 0.259 e. The minimum absolute atomic E-state index is 0.137. The Balaban J connectivity index is 2.18. The predicted octanol–water partition coefficient (Wildman–Crippen LogP) is 5.08. The van der Waals surface area contributed by atoms with Crippen molar-refractivity contribution >= 4 is 45.3 Å². The van der Waals surface area contributed by atoms with E-state index in [-0.39, 0.29) is 5.25 Å². The third-order valence-corrected chi connectivity index (χ3v) is 6.50. The molecule has 0 amide bonds. The smallest absolute Gasteiger partial charge is 0.0900 e. The van der Waals surface area contributed by atoms with E-state index >= 15 is 0 Å².